The van der Waals surface area contributed by atoms with Crippen molar-refractivity contribution in [3.05, 3.63) is 54.4 Å². The summed E-state index contributed by atoms with van der Waals surface area (Å²) in [4.78, 5) is 6.18. The highest BCUT2D eigenvalue weighted by Gasteiger charge is 2.04. The van der Waals surface area contributed by atoms with Crippen LogP contribution in [0.1, 0.15) is 5.56 Å². The Kier molecular flexibility index (Phi) is 2.68. The zero-order valence-electron chi connectivity index (χ0n) is 9.01. The second kappa shape index (κ2) is 4.13. The minimum atomic E-state index is 1.15. The van der Waals surface area contributed by atoms with E-state index in [1.165, 1.54) is 11.3 Å². The van der Waals surface area contributed by atoms with Gasteiger partial charge in [0.1, 0.15) is 0 Å². The van der Waals surface area contributed by atoms with Gasteiger partial charge in [0.05, 0.1) is 0 Å². The van der Waals surface area contributed by atoms with E-state index in [0.717, 1.165) is 5.69 Å². The lowest BCUT2D eigenvalue weighted by atomic mass is 10.2. The van der Waals surface area contributed by atoms with E-state index in [0.29, 0.717) is 0 Å². The summed E-state index contributed by atoms with van der Waals surface area (Å²) in [6.07, 6.45) is 3.62. The van der Waals surface area contributed by atoms with Crippen molar-refractivity contribution in [1.29, 1.82) is 0 Å². The second-order valence-electron chi connectivity index (χ2n) is 3.55. The Hall–Kier alpha value is -1.83. The molecule has 0 N–H and O–H groups in total. The van der Waals surface area contributed by atoms with E-state index < -0.39 is 0 Å². The van der Waals surface area contributed by atoms with Crippen molar-refractivity contribution in [3.8, 4) is 0 Å². The van der Waals surface area contributed by atoms with Crippen molar-refractivity contribution in [3.63, 3.8) is 0 Å². The number of para-hydroxylation sites is 1. The Balaban J connectivity index is 2.37. The quantitative estimate of drug-likeness (QED) is 0.736. The maximum absolute atomic E-state index is 4.02. The predicted molar refractivity (Wildman–Crippen MR) is 63.5 cm³/mol. The van der Waals surface area contributed by atoms with Crippen molar-refractivity contribution >= 4 is 11.4 Å². The summed E-state index contributed by atoms with van der Waals surface area (Å²) >= 11 is 0. The fourth-order valence-corrected chi connectivity index (χ4v) is 1.65. The van der Waals surface area contributed by atoms with Gasteiger partial charge in [-0.2, -0.15) is 0 Å². The van der Waals surface area contributed by atoms with Crippen molar-refractivity contribution in [2.24, 2.45) is 0 Å². The van der Waals surface area contributed by atoms with Gasteiger partial charge in [-0.15, -0.1) is 0 Å². The lowest BCUT2D eigenvalue weighted by Crippen LogP contribution is -2.10. The van der Waals surface area contributed by atoms with Crippen LogP contribution in [-0.2, 0) is 0 Å². The smallest absolute Gasteiger partial charge is 0.0439 e. The molecule has 15 heavy (non-hydrogen) atoms. The molecule has 2 aromatic rings. The molecule has 1 aromatic carbocycles. The zero-order valence-corrected chi connectivity index (χ0v) is 9.01. The Morgan fingerprint density at radius 3 is 2.33 bits per heavy atom. The van der Waals surface area contributed by atoms with E-state index >= 15 is 0 Å². The molecule has 0 radical (unpaired) electrons. The highest BCUT2D eigenvalue weighted by Crippen LogP contribution is 2.25. The molecule has 0 amide bonds. The first-order valence-corrected chi connectivity index (χ1v) is 4.98. The lowest BCUT2D eigenvalue weighted by molar-refractivity contribution is 1.17. The van der Waals surface area contributed by atoms with Crippen LogP contribution in [0.15, 0.2) is 48.8 Å². The zero-order chi connectivity index (χ0) is 10.7. The molecule has 2 nitrogen and oxygen atoms in total. The molecule has 0 saturated carbocycles. The van der Waals surface area contributed by atoms with Crippen LogP contribution in [0, 0.1) is 6.92 Å². The van der Waals surface area contributed by atoms with Gasteiger partial charge in [0.25, 0.3) is 0 Å². The molecule has 0 atom stereocenters. The molecule has 1 aromatic heterocycles. The van der Waals surface area contributed by atoms with E-state index in [2.05, 4.69) is 48.1 Å². The Labute approximate surface area is 90.2 Å². The minimum absolute atomic E-state index is 1.15. The average Bonchev–Trinajstić information content (AvgIpc) is 2.30. The third-order valence-corrected chi connectivity index (χ3v) is 2.53. The van der Waals surface area contributed by atoms with Gasteiger partial charge in [-0.3, -0.25) is 4.98 Å². The number of aromatic nitrogens is 1. The average molecular weight is 198 g/mol. The van der Waals surface area contributed by atoms with Crippen LogP contribution < -0.4 is 4.90 Å². The molecule has 2 rings (SSSR count). The van der Waals surface area contributed by atoms with E-state index in [1.807, 2.05) is 24.5 Å². The summed E-state index contributed by atoms with van der Waals surface area (Å²) < 4.78 is 0. The van der Waals surface area contributed by atoms with Crippen LogP contribution in [0.2, 0.25) is 0 Å². The number of hydrogen-bond donors (Lipinski definition) is 0. The summed E-state index contributed by atoms with van der Waals surface area (Å²) in [6.45, 7) is 2.12. The predicted octanol–water partition coefficient (Wildman–Crippen LogP) is 3.16. The van der Waals surface area contributed by atoms with Crippen LogP contribution in [0.5, 0.6) is 0 Å². The molecular formula is C13H14N2. The molecule has 0 fully saturated rings. The van der Waals surface area contributed by atoms with E-state index in [1.54, 1.807) is 0 Å². The first-order valence-electron chi connectivity index (χ1n) is 4.98. The summed E-state index contributed by atoms with van der Waals surface area (Å²) in [7, 11) is 2.07. The molecule has 0 bridgehead atoms. The minimum Gasteiger partial charge on any atom is -0.344 e. The number of hydrogen-bond acceptors (Lipinski definition) is 2. The molecule has 0 aliphatic heterocycles. The number of benzene rings is 1. The van der Waals surface area contributed by atoms with Gasteiger partial charge in [0.15, 0.2) is 0 Å². The molecule has 0 aliphatic carbocycles. The highest BCUT2D eigenvalue weighted by molar-refractivity contribution is 5.64. The maximum atomic E-state index is 4.02. The largest absolute Gasteiger partial charge is 0.344 e. The van der Waals surface area contributed by atoms with Crippen molar-refractivity contribution in [2.75, 3.05) is 11.9 Å². The van der Waals surface area contributed by atoms with E-state index in [9.17, 15) is 0 Å². The van der Waals surface area contributed by atoms with Crippen LogP contribution in [0.25, 0.3) is 0 Å². The molecule has 0 aliphatic rings. The van der Waals surface area contributed by atoms with Crippen LogP contribution >= 0.6 is 0 Å². The second-order valence-corrected chi connectivity index (χ2v) is 3.55. The third kappa shape index (κ3) is 1.99. The van der Waals surface area contributed by atoms with E-state index in [4.69, 9.17) is 0 Å². The molecule has 1 heterocycles. The van der Waals surface area contributed by atoms with Crippen molar-refractivity contribution in [1.82, 2.24) is 4.98 Å². The summed E-state index contributed by atoms with van der Waals surface area (Å²) in [5.41, 5.74) is 3.65. The normalized spacial score (nSPS) is 10.0. The van der Waals surface area contributed by atoms with Crippen molar-refractivity contribution in [2.45, 2.75) is 6.92 Å². The Morgan fingerprint density at radius 2 is 1.67 bits per heavy atom. The molecule has 0 saturated heterocycles. The highest BCUT2D eigenvalue weighted by atomic mass is 15.1. The summed E-state index contributed by atoms with van der Waals surface area (Å²) in [6, 6.07) is 12.4. The summed E-state index contributed by atoms with van der Waals surface area (Å²) in [5.74, 6) is 0. The SMILES string of the molecule is Cc1ccccc1N(C)c1ccncc1. The number of pyridine rings is 1. The van der Waals surface area contributed by atoms with Crippen LogP contribution in [-0.4, -0.2) is 12.0 Å². The number of rotatable bonds is 2. The fourth-order valence-electron chi connectivity index (χ4n) is 1.65. The van der Waals surface area contributed by atoms with Gasteiger partial charge in [0, 0.05) is 30.8 Å². The lowest BCUT2D eigenvalue weighted by Gasteiger charge is -2.21. The maximum Gasteiger partial charge on any atom is 0.0439 e. The fraction of sp³-hybridized carbons (Fsp3) is 0.154. The Morgan fingerprint density at radius 1 is 1.00 bits per heavy atom. The molecule has 76 valence electrons. The third-order valence-electron chi connectivity index (χ3n) is 2.53. The van der Waals surface area contributed by atoms with E-state index in [-0.39, 0.29) is 0 Å². The van der Waals surface area contributed by atoms with Gasteiger partial charge in [-0.1, -0.05) is 18.2 Å². The van der Waals surface area contributed by atoms with Crippen molar-refractivity contribution < 1.29 is 0 Å². The number of anilines is 2. The first-order chi connectivity index (χ1) is 7.29. The number of nitrogens with zero attached hydrogens (tertiary/aromatic N) is 2. The monoisotopic (exact) mass is 198 g/mol. The molecule has 2 heteroatoms. The number of aryl methyl sites for hydroxylation is 1. The summed E-state index contributed by atoms with van der Waals surface area (Å²) in [5, 5.41) is 0. The van der Waals surface area contributed by atoms with Gasteiger partial charge < -0.3 is 4.90 Å². The van der Waals surface area contributed by atoms with Gasteiger partial charge >= 0.3 is 0 Å². The molecular weight excluding hydrogens is 184 g/mol. The van der Waals surface area contributed by atoms with Crippen LogP contribution in [0.3, 0.4) is 0 Å². The Bertz CT molecular complexity index is 437. The van der Waals surface area contributed by atoms with Crippen LogP contribution in [0.4, 0.5) is 11.4 Å². The molecule has 0 spiro atoms. The van der Waals surface area contributed by atoms with Gasteiger partial charge in [-0.25, -0.2) is 0 Å². The van der Waals surface area contributed by atoms with Gasteiger partial charge in [-0.05, 0) is 30.7 Å². The van der Waals surface area contributed by atoms with Gasteiger partial charge in [0.2, 0.25) is 0 Å². The molecule has 0 unspecified atom stereocenters. The standard InChI is InChI=1S/C13H14N2/c1-11-5-3-4-6-13(11)15(2)12-7-9-14-10-8-12/h3-10H,1-2H3. The topological polar surface area (TPSA) is 16.1 Å². The first kappa shape index (κ1) is 9.71.